The van der Waals surface area contributed by atoms with Crippen LogP contribution in [0.3, 0.4) is 0 Å². The molecule has 2 N–H and O–H groups in total. The van der Waals surface area contributed by atoms with Crippen LogP contribution in [0.5, 0.6) is 0 Å². The number of aliphatic hydroxyl groups is 1. The summed E-state index contributed by atoms with van der Waals surface area (Å²) in [5, 5.41) is 12.9. The Morgan fingerprint density at radius 3 is 2.52 bits per heavy atom. The predicted molar refractivity (Wildman–Crippen MR) is 85.3 cm³/mol. The molecule has 0 radical (unpaired) electrons. The van der Waals surface area contributed by atoms with E-state index in [0.29, 0.717) is 12.2 Å². The number of hydrogen-bond acceptors (Lipinski definition) is 3. The number of amides is 1. The zero-order valence-electron chi connectivity index (χ0n) is 13.5. The van der Waals surface area contributed by atoms with E-state index in [1.165, 1.54) is 18.4 Å². The molecular weight excluding hydrogens is 297 g/mol. The van der Waals surface area contributed by atoms with Crippen molar-refractivity contribution in [3.63, 3.8) is 0 Å². The first-order chi connectivity index (χ1) is 10.8. The largest absolute Gasteiger partial charge is 0.467 e. The fraction of sp³-hybridized carbons (Fsp3) is 0.389. The molecule has 4 nitrogen and oxygen atoms in total. The molecule has 1 aromatic heterocycles. The Labute approximate surface area is 135 Å². The first-order valence-electron chi connectivity index (χ1n) is 7.59. The fourth-order valence-electron chi connectivity index (χ4n) is 2.39. The number of halogens is 1. The second-order valence-electron chi connectivity index (χ2n) is 6.27. The average molecular weight is 319 g/mol. The van der Waals surface area contributed by atoms with E-state index >= 15 is 0 Å². The number of benzene rings is 1. The van der Waals surface area contributed by atoms with Gasteiger partial charge in [0.25, 0.3) is 0 Å². The second kappa shape index (κ2) is 6.96. The molecule has 5 heteroatoms. The normalized spacial score (nSPS) is 14.3. The molecule has 0 saturated heterocycles. The highest BCUT2D eigenvalue weighted by Crippen LogP contribution is 2.25. The van der Waals surface area contributed by atoms with Gasteiger partial charge in [-0.25, -0.2) is 4.39 Å². The van der Waals surface area contributed by atoms with E-state index in [2.05, 4.69) is 5.32 Å². The summed E-state index contributed by atoms with van der Waals surface area (Å²) in [5.74, 6) is -0.0351. The molecule has 2 rings (SSSR count). The Morgan fingerprint density at radius 2 is 1.96 bits per heavy atom. The van der Waals surface area contributed by atoms with E-state index in [9.17, 15) is 14.3 Å². The molecule has 0 saturated carbocycles. The van der Waals surface area contributed by atoms with Gasteiger partial charge in [0, 0.05) is 12.5 Å². The predicted octanol–water partition coefficient (Wildman–Crippen LogP) is 3.32. The van der Waals surface area contributed by atoms with Gasteiger partial charge >= 0.3 is 0 Å². The Morgan fingerprint density at radius 1 is 1.30 bits per heavy atom. The van der Waals surface area contributed by atoms with Gasteiger partial charge in [-0.05, 0) is 50.6 Å². The molecule has 2 atom stereocenters. The molecule has 1 heterocycles. The van der Waals surface area contributed by atoms with Crippen molar-refractivity contribution >= 4 is 5.91 Å². The molecule has 0 aliphatic heterocycles. The summed E-state index contributed by atoms with van der Waals surface area (Å²) in [4.78, 5) is 12.5. The van der Waals surface area contributed by atoms with Crippen LogP contribution in [0.25, 0.3) is 0 Å². The highest BCUT2D eigenvalue weighted by Gasteiger charge is 2.31. The Kier molecular flexibility index (Phi) is 5.21. The number of furan rings is 1. The van der Waals surface area contributed by atoms with Crippen LogP contribution in [0.4, 0.5) is 4.39 Å². The maximum absolute atomic E-state index is 13.0. The standard InChI is InChI=1S/C18H22FNO3/c1-12(11-15(21)16-5-4-10-23-16)20-17(22)18(2,3)13-6-8-14(19)9-7-13/h4-10,12,15,21H,11H2,1-3H3,(H,20,22). The second-order valence-corrected chi connectivity index (χ2v) is 6.27. The van der Waals surface area contributed by atoms with Gasteiger partial charge < -0.3 is 14.8 Å². The molecule has 1 amide bonds. The number of carbonyl (C=O) groups is 1. The molecule has 0 aliphatic rings. The van der Waals surface area contributed by atoms with Crippen molar-refractivity contribution in [2.45, 2.75) is 44.8 Å². The summed E-state index contributed by atoms with van der Waals surface area (Å²) in [7, 11) is 0. The van der Waals surface area contributed by atoms with Crippen LogP contribution in [0.1, 0.15) is 44.6 Å². The van der Waals surface area contributed by atoms with Crippen molar-refractivity contribution in [3.8, 4) is 0 Å². The number of hydrogen-bond donors (Lipinski definition) is 2. The van der Waals surface area contributed by atoms with Gasteiger partial charge in [-0.3, -0.25) is 4.79 Å². The first kappa shape index (κ1) is 17.2. The van der Waals surface area contributed by atoms with Gasteiger partial charge in [-0.15, -0.1) is 0 Å². The third-order valence-corrected chi connectivity index (χ3v) is 3.96. The average Bonchev–Trinajstić information content (AvgIpc) is 3.01. The molecular formula is C18H22FNO3. The Hall–Kier alpha value is -2.14. The van der Waals surface area contributed by atoms with Crippen LogP contribution in [0.2, 0.25) is 0 Å². The lowest BCUT2D eigenvalue weighted by molar-refractivity contribution is -0.126. The molecule has 2 aromatic rings. The monoisotopic (exact) mass is 319 g/mol. The van der Waals surface area contributed by atoms with Crippen molar-refractivity contribution in [2.24, 2.45) is 0 Å². The van der Waals surface area contributed by atoms with Crippen LogP contribution in [-0.2, 0) is 10.2 Å². The third kappa shape index (κ3) is 4.20. The van der Waals surface area contributed by atoms with E-state index in [4.69, 9.17) is 4.42 Å². The molecule has 1 aromatic carbocycles. The van der Waals surface area contributed by atoms with E-state index in [-0.39, 0.29) is 17.8 Å². The van der Waals surface area contributed by atoms with Crippen molar-refractivity contribution in [1.82, 2.24) is 5.32 Å². The van der Waals surface area contributed by atoms with Crippen LogP contribution in [-0.4, -0.2) is 17.1 Å². The molecule has 0 aliphatic carbocycles. The van der Waals surface area contributed by atoms with Crippen molar-refractivity contribution < 1.29 is 18.7 Å². The first-order valence-corrected chi connectivity index (χ1v) is 7.59. The minimum Gasteiger partial charge on any atom is -0.467 e. The van der Waals surface area contributed by atoms with Crippen LogP contribution >= 0.6 is 0 Å². The zero-order chi connectivity index (χ0) is 17.0. The summed E-state index contributed by atoms with van der Waals surface area (Å²) < 4.78 is 18.2. The van der Waals surface area contributed by atoms with E-state index in [0.717, 1.165) is 5.56 Å². The highest BCUT2D eigenvalue weighted by atomic mass is 19.1. The van der Waals surface area contributed by atoms with Gasteiger partial charge in [-0.1, -0.05) is 12.1 Å². The van der Waals surface area contributed by atoms with Crippen LogP contribution in [0, 0.1) is 5.82 Å². The van der Waals surface area contributed by atoms with Crippen molar-refractivity contribution in [2.75, 3.05) is 0 Å². The van der Waals surface area contributed by atoms with E-state index in [1.54, 1.807) is 38.1 Å². The summed E-state index contributed by atoms with van der Waals surface area (Å²) in [6.45, 7) is 5.39. The van der Waals surface area contributed by atoms with E-state index < -0.39 is 11.5 Å². The van der Waals surface area contributed by atoms with Gasteiger partial charge in [0.05, 0.1) is 11.7 Å². The maximum Gasteiger partial charge on any atom is 0.230 e. The maximum atomic E-state index is 13.0. The van der Waals surface area contributed by atoms with Gasteiger partial charge in [-0.2, -0.15) is 0 Å². The van der Waals surface area contributed by atoms with Gasteiger partial charge in [0.1, 0.15) is 17.7 Å². The molecule has 0 bridgehead atoms. The molecule has 23 heavy (non-hydrogen) atoms. The van der Waals surface area contributed by atoms with Crippen molar-refractivity contribution in [3.05, 3.63) is 59.8 Å². The van der Waals surface area contributed by atoms with Gasteiger partial charge in [0.2, 0.25) is 5.91 Å². The molecule has 2 unspecified atom stereocenters. The van der Waals surface area contributed by atoms with E-state index in [1.807, 2.05) is 6.92 Å². The minimum absolute atomic E-state index is 0.178. The topological polar surface area (TPSA) is 62.5 Å². The lowest BCUT2D eigenvalue weighted by Crippen LogP contribution is -2.44. The number of rotatable bonds is 6. The smallest absolute Gasteiger partial charge is 0.230 e. The Balaban J connectivity index is 1.98. The number of nitrogens with one attached hydrogen (secondary N) is 1. The lowest BCUT2D eigenvalue weighted by Gasteiger charge is -2.27. The summed E-state index contributed by atoms with van der Waals surface area (Å²) in [6.07, 6.45) is 1.08. The summed E-state index contributed by atoms with van der Waals surface area (Å²) in [6, 6.07) is 9.07. The molecule has 0 spiro atoms. The quantitative estimate of drug-likeness (QED) is 0.858. The highest BCUT2D eigenvalue weighted by molar-refractivity contribution is 5.87. The molecule has 0 fully saturated rings. The fourth-order valence-corrected chi connectivity index (χ4v) is 2.39. The minimum atomic E-state index is -0.794. The Bertz CT molecular complexity index is 635. The summed E-state index contributed by atoms with van der Waals surface area (Å²) in [5.41, 5.74) is -0.0624. The number of aliphatic hydroxyl groups excluding tert-OH is 1. The number of carbonyl (C=O) groups excluding carboxylic acids is 1. The SMILES string of the molecule is CC(CC(O)c1ccco1)NC(=O)C(C)(C)c1ccc(F)cc1. The third-order valence-electron chi connectivity index (χ3n) is 3.96. The molecule has 124 valence electrons. The van der Waals surface area contributed by atoms with Gasteiger partial charge in [0.15, 0.2) is 0 Å². The summed E-state index contributed by atoms with van der Waals surface area (Å²) >= 11 is 0. The van der Waals surface area contributed by atoms with Crippen molar-refractivity contribution in [1.29, 1.82) is 0 Å². The van der Waals surface area contributed by atoms with Crippen LogP contribution in [0.15, 0.2) is 47.1 Å². The van der Waals surface area contributed by atoms with Crippen LogP contribution < -0.4 is 5.32 Å². The zero-order valence-corrected chi connectivity index (χ0v) is 13.5. The lowest BCUT2D eigenvalue weighted by atomic mass is 9.83.